The quantitative estimate of drug-likeness (QED) is 0.174. The first kappa shape index (κ1) is 34.0. The van der Waals surface area contributed by atoms with Crippen LogP contribution in [0.2, 0.25) is 0 Å². The van der Waals surface area contributed by atoms with E-state index in [4.69, 9.17) is 4.42 Å². The zero-order chi connectivity index (χ0) is 40.3. The average Bonchev–Trinajstić information content (AvgIpc) is 3.85. The van der Waals surface area contributed by atoms with E-state index in [1.807, 2.05) is 0 Å². The summed E-state index contributed by atoms with van der Waals surface area (Å²) in [6.45, 7) is 4.36. The summed E-state index contributed by atoms with van der Waals surface area (Å²) < 4.78 is 9.46. The van der Waals surface area contributed by atoms with Crippen molar-refractivity contribution in [2.45, 2.75) is 13.8 Å². The van der Waals surface area contributed by atoms with Gasteiger partial charge in [-0.15, -0.1) is 0 Å². The maximum absolute atomic E-state index is 7.06. The van der Waals surface area contributed by atoms with Crippen molar-refractivity contribution < 1.29 is 4.42 Å². The van der Waals surface area contributed by atoms with Crippen LogP contribution in [0.25, 0.3) is 104 Å². The van der Waals surface area contributed by atoms with E-state index < -0.39 is 0 Å². The lowest BCUT2D eigenvalue weighted by atomic mass is 9.78. The molecule has 0 bridgehead atoms. The van der Waals surface area contributed by atoms with Gasteiger partial charge in [-0.1, -0.05) is 121 Å². The average molecular weight is 779 g/mol. The van der Waals surface area contributed by atoms with E-state index >= 15 is 0 Å². The van der Waals surface area contributed by atoms with Crippen LogP contribution in [0.15, 0.2) is 199 Å². The summed E-state index contributed by atoms with van der Waals surface area (Å²) in [7, 11) is 0. The van der Waals surface area contributed by atoms with Crippen LogP contribution in [0.4, 0.5) is 17.1 Å². The number of aromatic nitrogens is 1. The molecule has 0 amide bonds. The van der Waals surface area contributed by atoms with Crippen LogP contribution in [0.3, 0.4) is 0 Å². The molecule has 0 aliphatic heterocycles. The lowest BCUT2D eigenvalue weighted by Crippen LogP contribution is -2.11. The molecule has 61 heavy (non-hydrogen) atoms. The van der Waals surface area contributed by atoms with Crippen LogP contribution < -0.4 is 4.90 Å². The van der Waals surface area contributed by atoms with Crippen molar-refractivity contribution in [3.8, 4) is 39.1 Å². The van der Waals surface area contributed by atoms with Gasteiger partial charge in [-0.25, -0.2) is 0 Å². The standard InChI is InChI=1S/C58H38N2O/c1-35-13-6-7-16-44(35)47-19-12-20-48-49-28-23-36(2)56(58(49)61-57(47)48)59(41-14-4-3-5-15-41)42-26-24-37-31-50-52(33-39(37)29-42)51-32-38-25-27-43(30-40(38)34-53(50)51)60-54-21-10-8-17-45(54)46-18-9-11-22-55(46)60/h3-34H,1-2H3. The van der Waals surface area contributed by atoms with Gasteiger partial charge in [0, 0.05) is 44.2 Å². The largest absolute Gasteiger partial charge is 0.453 e. The Morgan fingerprint density at radius 3 is 1.66 bits per heavy atom. The molecule has 286 valence electrons. The summed E-state index contributed by atoms with van der Waals surface area (Å²) in [6, 6.07) is 71.0. The highest BCUT2D eigenvalue weighted by molar-refractivity contribution is 6.16. The summed E-state index contributed by atoms with van der Waals surface area (Å²) in [5, 5.41) is 9.72. The Bertz CT molecular complexity index is 3740. The first-order valence-electron chi connectivity index (χ1n) is 21.1. The number of aryl methyl sites for hydroxylation is 2. The highest BCUT2D eigenvalue weighted by Gasteiger charge is 2.26. The predicted octanol–water partition coefficient (Wildman–Crippen LogP) is 16.4. The van der Waals surface area contributed by atoms with E-state index in [0.717, 1.165) is 50.1 Å². The Kier molecular flexibility index (Phi) is 7.15. The Labute approximate surface area is 353 Å². The highest BCUT2D eigenvalue weighted by Crippen LogP contribution is 2.52. The number of benzene rings is 10. The minimum Gasteiger partial charge on any atom is -0.453 e. The second-order valence-electron chi connectivity index (χ2n) is 16.6. The number of anilines is 3. The van der Waals surface area contributed by atoms with E-state index in [1.54, 1.807) is 0 Å². The number of hydrogen-bond donors (Lipinski definition) is 0. The van der Waals surface area contributed by atoms with Gasteiger partial charge in [0.05, 0.1) is 16.7 Å². The number of nitrogens with zero attached hydrogens (tertiary/aromatic N) is 2. The minimum atomic E-state index is 0.888. The van der Waals surface area contributed by atoms with Crippen LogP contribution in [-0.2, 0) is 0 Å². The molecule has 1 aliphatic carbocycles. The molecule has 0 spiro atoms. The summed E-state index contributed by atoms with van der Waals surface area (Å²) in [4.78, 5) is 2.38. The maximum Gasteiger partial charge on any atom is 0.159 e. The second kappa shape index (κ2) is 12.8. The number of para-hydroxylation sites is 4. The zero-order valence-electron chi connectivity index (χ0n) is 33.8. The molecule has 0 N–H and O–H groups in total. The molecular formula is C58H38N2O. The molecular weight excluding hydrogens is 741 g/mol. The van der Waals surface area contributed by atoms with Gasteiger partial charge in [0.2, 0.25) is 0 Å². The molecule has 0 saturated carbocycles. The van der Waals surface area contributed by atoms with Crippen molar-refractivity contribution in [3.05, 3.63) is 205 Å². The summed E-state index contributed by atoms with van der Waals surface area (Å²) >= 11 is 0. The lowest BCUT2D eigenvalue weighted by molar-refractivity contribution is 0.669. The number of fused-ring (bicyclic) bond motifs is 12. The van der Waals surface area contributed by atoms with Crippen LogP contribution in [0, 0.1) is 13.8 Å². The Morgan fingerprint density at radius 2 is 0.934 bits per heavy atom. The smallest absolute Gasteiger partial charge is 0.159 e. The van der Waals surface area contributed by atoms with Gasteiger partial charge in [0.1, 0.15) is 5.58 Å². The zero-order valence-corrected chi connectivity index (χ0v) is 33.8. The fourth-order valence-corrected chi connectivity index (χ4v) is 10.2. The highest BCUT2D eigenvalue weighted by atomic mass is 16.3. The van der Waals surface area contributed by atoms with Crippen LogP contribution in [-0.4, -0.2) is 4.57 Å². The molecule has 2 aromatic heterocycles. The molecule has 12 aromatic rings. The first-order valence-corrected chi connectivity index (χ1v) is 21.1. The van der Waals surface area contributed by atoms with E-state index in [9.17, 15) is 0 Å². The number of furan rings is 1. The number of rotatable bonds is 5. The summed E-state index contributed by atoms with van der Waals surface area (Å²) in [5.41, 5.74) is 18.6. The molecule has 3 nitrogen and oxygen atoms in total. The maximum atomic E-state index is 7.06. The van der Waals surface area contributed by atoms with Crippen LogP contribution in [0.1, 0.15) is 11.1 Å². The molecule has 0 fully saturated rings. The minimum absolute atomic E-state index is 0.888. The third-order valence-corrected chi connectivity index (χ3v) is 13.1. The van der Waals surface area contributed by atoms with Crippen molar-refractivity contribution in [2.24, 2.45) is 0 Å². The van der Waals surface area contributed by atoms with E-state index in [2.05, 4.69) is 217 Å². The van der Waals surface area contributed by atoms with Crippen molar-refractivity contribution in [1.82, 2.24) is 4.57 Å². The normalized spacial score (nSPS) is 12.1. The third kappa shape index (κ3) is 4.98. The van der Waals surface area contributed by atoms with Crippen molar-refractivity contribution in [3.63, 3.8) is 0 Å². The van der Waals surface area contributed by atoms with Gasteiger partial charge < -0.3 is 13.9 Å². The SMILES string of the molecule is Cc1ccccc1-c1cccc2c1oc1c(N(c3ccccc3)c3ccc4cc5c(cc4c3)-c3cc4ccc(-n6c7ccccc7c7ccccc76)cc4cc3-5)c(C)ccc12. The van der Waals surface area contributed by atoms with Gasteiger partial charge in [-0.05, 0) is 147 Å². The fraction of sp³-hybridized carbons (Fsp3) is 0.0345. The molecule has 1 aliphatic rings. The van der Waals surface area contributed by atoms with Crippen molar-refractivity contribution in [1.29, 1.82) is 0 Å². The van der Waals surface area contributed by atoms with E-state index in [0.29, 0.717) is 0 Å². The third-order valence-electron chi connectivity index (χ3n) is 13.1. The monoisotopic (exact) mass is 778 g/mol. The molecule has 0 atom stereocenters. The molecule has 0 radical (unpaired) electrons. The molecule has 0 saturated heterocycles. The Balaban J connectivity index is 0.935. The van der Waals surface area contributed by atoms with Crippen molar-refractivity contribution in [2.75, 3.05) is 4.90 Å². The lowest BCUT2D eigenvalue weighted by Gasteiger charge is -2.28. The molecule has 2 heterocycles. The fourth-order valence-electron chi connectivity index (χ4n) is 10.2. The van der Waals surface area contributed by atoms with E-state index in [-0.39, 0.29) is 0 Å². The summed E-state index contributed by atoms with van der Waals surface area (Å²) in [6.07, 6.45) is 0. The molecule has 3 heteroatoms. The van der Waals surface area contributed by atoms with Gasteiger partial charge in [-0.2, -0.15) is 0 Å². The second-order valence-corrected chi connectivity index (χ2v) is 16.6. The van der Waals surface area contributed by atoms with Gasteiger partial charge >= 0.3 is 0 Å². The molecule has 0 unspecified atom stereocenters. The van der Waals surface area contributed by atoms with Gasteiger partial charge in [0.25, 0.3) is 0 Å². The first-order chi connectivity index (χ1) is 30.1. The van der Waals surface area contributed by atoms with Gasteiger partial charge in [-0.3, -0.25) is 0 Å². The summed E-state index contributed by atoms with van der Waals surface area (Å²) in [5.74, 6) is 0. The van der Waals surface area contributed by atoms with Crippen molar-refractivity contribution >= 4 is 82.4 Å². The molecule has 13 rings (SSSR count). The predicted molar refractivity (Wildman–Crippen MR) is 257 cm³/mol. The number of hydrogen-bond acceptors (Lipinski definition) is 2. The van der Waals surface area contributed by atoms with E-state index in [1.165, 1.54) is 82.4 Å². The Hall–Kier alpha value is -7.88. The topological polar surface area (TPSA) is 21.3 Å². The van der Waals surface area contributed by atoms with Crippen LogP contribution >= 0.6 is 0 Å². The molecule has 10 aromatic carbocycles. The Morgan fingerprint density at radius 1 is 0.361 bits per heavy atom. The van der Waals surface area contributed by atoms with Crippen LogP contribution in [0.5, 0.6) is 0 Å². The van der Waals surface area contributed by atoms with Gasteiger partial charge in [0.15, 0.2) is 5.58 Å².